The molecule has 1 saturated heterocycles. The normalized spacial score (nSPS) is 14.3. The molecule has 0 aliphatic carbocycles. The van der Waals surface area contributed by atoms with Gasteiger partial charge in [0.1, 0.15) is 16.5 Å². The second kappa shape index (κ2) is 16.8. The number of nitrogens with zero attached hydrogens (tertiary/aromatic N) is 3. The van der Waals surface area contributed by atoms with Gasteiger partial charge in [-0.05, 0) is 50.3 Å². The number of carboxylic acid groups (broad SMARTS) is 2. The van der Waals surface area contributed by atoms with Gasteiger partial charge >= 0.3 is 24.3 Å². The number of carboxylic acids is 2. The molecule has 0 spiro atoms. The zero-order valence-corrected chi connectivity index (χ0v) is 25.8. The van der Waals surface area contributed by atoms with Crippen molar-refractivity contribution < 1.29 is 55.3 Å². The van der Waals surface area contributed by atoms with Crippen LogP contribution in [0.25, 0.3) is 5.52 Å². The van der Waals surface area contributed by atoms with E-state index >= 15 is 0 Å². The molecule has 1 amide bonds. The number of hydrogen-bond donors (Lipinski definition) is 4. The standard InChI is InChI=1S/C23H26Cl2FN5O2.2C2HF3O2/c1-29-6-2-7-30(10-9-29)8-5-27-22(32)17-12-15(3-4-19(17)26)11-16-14-28-23(33)20-13-18(24)21(25)31(16)20;2*3-2(4,5)1(6)7/h3-4,12-14H,2,5-11H2,1H3,(H,27,32)(H,28,33);2*(H,6,7). The van der Waals surface area contributed by atoms with Crippen LogP contribution in [-0.2, 0) is 16.0 Å². The topological polar surface area (TPSA) is 147 Å². The molecule has 3 aromatic rings. The molecule has 1 aromatic carbocycles. The summed E-state index contributed by atoms with van der Waals surface area (Å²) in [6, 6.07) is 5.91. The third-order valence-corrected chi connectivity index (χ3v) is 7.22. The molecule has 20 heteroatoms. The van der Waals surface area contributed by atoms with Gasteiger partial charge in [0.05, 0.1) is 10.6 Å². The Balaban J connectivity index is 0.000000459. The summed E-state index contributed by atoms with van der Waals surface area (Å²) in [5.74, 6) is -6.55. The van der Waals surface area contributed by atoms with E-state index in [9.17, 15) is 40.3 Å². The Labute approximate surface area is 271 Å². The van der Waals surface area contributed by atoms with Gasteiger partial charge in [0, 0.05) is 44.5 Å². The summed E-state index contributed by atoms with van der Waals surface area (Å²) in [5, 5.41) is 17.6. The highest BCUT2D eigenvalue weighted by Crippen LogP contribution is 2.27. The van der Waals surface area contributed by atoms with E-state index in [1.165, 1.54) is 18.2 Å². The summed E-state index contributed by atoms with van der Waals surface area (Å²) in [7, 11) is 2.11. The molecule has 0 bridgehead atoms. The van der Waals surface area contributed by atoms with Crippen LogP contribution in [-0.4, -0.2) is 106 Å². The summed E-state index contributed by atoms with van der Waals surface area (Å²) in [6.45, 7) is 5.19. The van der Waals surface area contributed by atoms with Gasteiger partial charge in [0.15, 0.2) is 0 Å². The quantitative estimate of drug-likeness (QED) is 0.276. The fraction of sp³-hybridized carbons (Fsp3) is 0.407. The van der Waals surface area contributed by atoms with Gasteiger partial charge in [-0.15, -0.1) is 0 Å². The number of amides is 1. The number of carbonyl (C=O) groups is 3. The number of carbonyl (C=O) groups excluding carboxylic acids is 1. The minimum Gasteiger partial charge on any atom is -0.475 e. The number of rotatable bonds is 6. The number of likely N-dealkylation sites (N-methyl/N-ethyl adjacent to an activating group) is 1. The van der Waals surface area contributed by atoms with Crippen molar-refractivity contribution in [1.29, 1.82) is 0 Å². The fourth-order valence-corrected chi connectivity index (χ4v) is 4.58. The van der Waals surface area contributed by atoms with Crippen LogP contribution in [0.3, 0.4) is 0 Å². The highest BCUT2D eigenvalue weighted by molar-refractivity contribution is 6.42. The highest BCUT2D eigenvalue weighted by atomic mass is 35.5. The minimum absolute atomic E-state index is 0.0135. The lowest BCUT2D eigenvalue weighted by atomic mass is 10.1. The van der Waals surface area contributed by atoms with Gasteiger partial charge in [-0.2, -0.15) is 26.3 Å². The molecule has 1 aliphatic rings. The number of fused-ring (bicyclic) bond motifs is 1. The van der Waals surface area contributed by atoms with Crippen LogP contribution in [0.1, 0.15) is 28.0 Å². The third kappa shape index (κ3) is 12.0. The number of H-pyrrole nitrogens is 1. The Bertz CT molecular complexity index is 1600. The average Bonchev–Trinajstić information content (AvgIpc) is 3.13. The van der Waals surface area contributed by atoms with Gasteiger partial charge in [0.2, 0.25) is 0 Å². The Morgan fingerprint density at radius 3 is 2.13 bits per heavy atom. The smallest absolute Gasteiger partial charge is 0.475 e. The van der Waals surface area contributed by atoms with Crippen LogP contribution in [0.5, 0.6) is 0 Å². The van der Waals surface area contributed by atoms with Gasteiger partial charge < -0.3 is 30.3 Å². The van der Waals surface area contributed by atoms with Crippen LogP contribution in [0.4, 0.5) is 30.7 Å². The molecular formula is C27H28Cl2F7N5O6. The monoisotopic (exact) mass is 721 g/mol. The first kappa shape index (κ1) is 39.3. The largest absolute Gasteiger partial charge is 0.490 e. The van der Waals surface area contributed by atoms with Crippen LogP contribution >= 0.6 is 23.2 Å². The van der Waals surface area contributed by atoms with E-state index in [0.29, 0.717) is 29.7 Å². The summed E-state index contributed by atoms with van der Waals surface area (Å²) in [4.78, 5) is 49.8. The molecule has 0 unspecified atom stereocenters. The van der Waals surface area contributed by atoms with Gasteiger partial charge in [-0.3, -0.25) is 14.0 Å². The molecule has 1 aliphatic heterocycles. The first-order valence-electron chi connectivity index (χ1n) is 13.4. The van der Waals surface area contributed by atoms with Crippen molar-refractivity contribution in [2.24, 2.45) is 0 Å². The molecule has 4 rings (SSSR count). The van der Waals surface area contributed by atoms with Crippen molar-refractivity contribution in [2.75, 3.05) is 46.3 Å². The number of hydrogen-bond acceptors (Lipinski definition) is 6. The molecule has 3 heterocycles. The van der Waals surface area contributed by atoms with Crippen LogP contribution in [0, 0.1) is 5.82 Å². The van der Waals surface area contributed by atoms with E-state index in [1.807, 2.05) is 0 Å². The first-order chi connectivity index (χ1) is 21.7. The van der Waals surface area contributed by atoms with E-state index in [2.05, 4.69) is 27.1 Å². The predicted molar refractivity (Wildman–Crippen MR) is 156 cm³/mol. The zero-order valence-electron chi connectivity index (χ0n) is 24.3. The van der Waals surface area contributed by atoms with Crippen LogP contribution in [0.2, 0.25) is 10.2 Å². The van der Waals surface area contributed by atoms with E-state index in [-0.39, 0.29) is 21.3 Å². The van der Waals surface area contributed by atoms with E-state index in [4.69, 9.17) is 43.0 Å². The number of aromatic nitrogens is 2. The Kier molecular flexibility index (Phi) is 14.1. The van der Waals surface area contributed by atoms with E-state index in [0.717, 1.165) is 39.1 Å². The van der Waals surface area contributed by atoms with E-state index in [1.54, 1.807) is 16.7 Å². The molecule has 47 heavy (non-hydrogen) atoms. The molecule has 1 fully saturated rings. The van der Waals surface area contributed by atoms with Gasteiger partial charge in [-0.25, -0.2) is 14.0 Å². The van der Waals surface area contributed by atoms with Crippen molar-refractivity contribution in [3.8, 4) is 0 Å². The lowest BCUT2D eigenvalue weighted by Gasteiger charge is -2.20. The maximum absolute atomic E-state index is 14.4. The first-order valence-corrected chi connectivity index (χ1v) is 14.1. The number of alkyl halides is 6. The summed E-state index contributed by atoms with van der Waals surface area (Å²) < 4.78 is 79.5. The van der Waals surface area contributed by atoms with Crippen molar-refractivity contribution in [1.82, 2.24) is 24.5 Å². The third-order valence-electron chi connectivity index (χ3n) is 6.46. The SMILES string of the molecule is CN1CCCN(CCNC(=O)c2cc(Cc3c[nH]c(=O)c4cc(Cl)c(Cl)n34)ccc2F)CC1.O=C(O)C(F)(F)F.O=C(O)C(F)(F)F. The number of nitrogens with one attached hydrogen (secondary N) is 2. The number of benzene rings is 1. The summed E-state index contributed by atoms with van der Waals surface area (Å²) in [5.41, 5.74) is 1.35. The number of aromatic amines is 1. The summed E-state index contributed by atoms with van der Waals surface area (Å²) in [6.07, 6.45) is -7.21. The second-order valence-corrected chi connectivity index (χ2v) is 10.7. The molecule has 260 valence electrons. The van der Waals surface area contributed by atoms with Crippen molar-refractivity contribution in [3.63, 3.8) is 0 Å². The zero-order chi connectivity index (χ0) is 35.7. The molecule has 0 radical (unpaired) electrons. The van der Waals surface area contributed by atoms with Gasteiger partial charge in [-0.1, -0.05) is 29.3 Å². The van der Waals surface area contributed by atoms with Crippen LogP contribution in [0.15, 0.2) is 35.3 Å². The lowest BCUT2D eigenvalue weighted by molar-refractivity contribution is -0.193. The molecule has 0 atom stereocenters. The molecule has 2 aromatic heterocycles. The number of aliphatic carboxylic acids is 2. The summed E-state index contributed by atoms with van der Waals surface area (Å²) >= 11 is 12.4. The fourth-order valence-electron chi connectivity index (χ4n) is 4.13. The predicted octanol–water partition coefficient (Wildman–Crippen LogP) is 4.30. The van der Waals surface area contributed by atoms with Crippen LogP contribution < -0.4 is 10.9 Å². The molecular weight excluding hydrogens is 694 g/mol. The molecule has 4 N–H and O–H groups in total. The average molecular weight is 722 g/mol. The molecule has 0 saturated carbocycles. The van der Waals surface area contributed by atoms with Crippen molar-refractivity contribution in [3.05, 3.63) is 73.6 Å². The maximum Gasteiger partial charge on any atom is 0.490 e. The maximum atomic E-state index is 14.4. The Morgan fingerprint density at radius 2 is 1.55 bits per heavy atom. The lowest BCUT2D eigenvalue weighted by Crippen LogP contribution is -2.37. The highest BCUT2D eigenvalue weighted by Gasteiger charge is 2.38. The molecule has 11 nitrogen and oxygen atoms in total. The Morgan fingerprint density at radius 1 is 0.957 bits per heavy atom. The Hall–Kier alpha value is -3.87. The van der Waals surface area contributed by atoms with Crippen molar-refractivity contribution in [2.45, 2.75) is 25.2 Å². The minimum atomic E-state index is -5.08. The van der Waals surface area contributed by atoms with E-state index < -0.39 is 36.0 Å². The second-order valence-electron chi connectivity index (χ2n) is 9.96. The van der Waals surface area contributed by atoms with Crippen molar-refractivity contribution >= 4 is 46.6 Å². The van der Waals surface area contributed by atoms with Gasteiger partial charge in [0.25, 0.3) is 11.5 Å². The number of halogens is 9.